The molecule has 0 saturated carbocycles. The van der Waals surface area contributed by atoms with Crippen LogP contribution in [0.4, 0.5) is 5.69 Å². The lowest BCUT2D eigenvalue weighted by atomic mass is 10.3. The number of rotatable bonds is 4. The van der Waals surface area contributed by atoms with Gasteiger partial charge in [0, 0.05) is 26.2 Å². The predicted octanol–water partition coefficient (Wildman–Crippen LogP) is 3.58. The van der Waals surface area contributed by atoms with Crippen LogP contribution in [0.2, 0.25) is 15.1 Å². The molecule has 176 valence electrons. The number of sulfonamides is 1. The molecule has 0 aliphatic carbocycles. The zero-order valence-corrected chi connectivity index (χ0v) is 20.5. The largest absolute Gasteiger partial charge is 0.366 e. The Morgan fingerprint density at radius 3 is 2.38 bits per heavy atom. The van der Waals surface area contributed by atoms with Crippen molar-refractivity contribution in [3.05, 3.63) is 74.1 Å². The summed E-state index contributed by atoms with van der Waals surface area (Å²) in [6.45, 7) is 0.974. The van der Waals surface area contributed by atoms with Crippen LogP contribution in [0.15, 0.2) is 58.4 Å². The summed E-state index contributed by atoms with van der Waals surface area (Å²) in [6, 6.07) is 11.9. The zero-order valence-electron chi connectivity index (χ0n) is 17.5. The van der Waals surface area contributed by atoms with Gasteiger partial charge in [0.05, 0.1) is 33.0 Å². The number of imidazole rings is 1. The second-order valence-corrected chi connectivity index (χ2v) is 10.7. The Morgan fingerprint density at radius 2 is 1.65 bits per heavy atom. The van der Waals surface area contributed by atoms with Crippen LogP contribution >= 0.6 is 34.8 Å². The number of anilines is 1. The first-order chi connectivity index (χ1) is 16.3. The maximum absolute atomic E-state index is 13.1. The van der Waals surface area contributed by atoms with Gasteiger partial charge in [0.2, 0.25) is 16.0 Å². The van der Waals surface area contributed by atoms with E-state index in [0.29, 0.717) is 24.3 Å². The Kier molecular flexibility index (Phi) is 6.03. The zero-order chi connectivity index (χ0) is 24.0. The molecule has 1 N–H and O–H groups in total. The van der Waals surface area contributed by atoms with Gasteiger partial charge in [-0.25, -0.2) is 13.4 Å². The molecule has 13 heteroatoms. The smallest absolute Gasteiger partial charge is 0.295 e. The second-order valence-electron chi connectivity index (χ2n) is 7.58. The molecule has 0 atom stereocenters. The Hall–Kier alpha value is -2.63. The number of aromatic amines is 1. The minimum absolute atomic E-state index is 0.00645. The lowest BCUT2D eigenvalue weighted by Gasteiger charge is -2.35. The number of nitrogens with zero attached hydrogens (tertiary/aromatic N) is 5. The van der Waals surface area contributed by atoms with Crippen molar-refractivity contribution < 1.29 is 8.42 Å². The highest BCUT2D eigenvalue weighted by Gasteiger charge is 2.31. The topological polar surface area (TPSA) is 104 Å². The summed E-state index contributed by atoms with van der Waals surface area (Å²) in [5.41, 5.74) is 1.36. The number of nitrogens with one attached hydrogen (secondary N) is 1. The monoisotopic (exact) mass is 538 g/mol. The highest BCUT2D eigenvalue weighted by Crippen LogP contribution is 2.32. The number of fused-ring (bicyclic) bond motifs is 1. The molecule has 1 saturated heterocycles. The van der Waals surface area contributed by atoms with E-state index in [-0.39, 0.29) is 39.0 Å². The van der Waals surface area contributed by atoms with Crippen molar-refractivity contribution in [2.75, 3.05) is 31.1 Å². The summed E-state index contributed by atoms with van der Waals surface area (Å²) in [7, 11) is -3.83. The van der Waals surface area contributed by atoms with E-state index in [0.717, 1.165) is 10.2 Å². The van der Waals surface area contributed by atoms with E-state index in [1.54, 1.807) is 6.07 Å². The Labute approximate surface area is 209 Å². The molecule has 1 aliphatic rings. The fourth-order valence-electron chi connectivity index (χ4n) is 3.83. The fourth-order valence-corrected chi connectivity index (χ4v) is 6.23. The van der Waals surface area contributed by atoms with Gasteiger partial charge in [0.15, 0.2) is 0 Å². The molecule has 2 aromatic heterocycles. The quantitative estimate of drug-likeness (QED) is 0.425. The number of hydrogen-bond donors (Lipinski definition) is 1. The van der Waals surface area contributed by atoms with E-state index in [1.165, 1.54) is 22.6 Å². The van der Waals surface area contributed by atoms with Gasteiger partial charge in [-0.3, -0.25) is 4.79 Å². The predicted molar refractivity (Wildman–Crippen MR) is 132 cm³/mol. The molecule has 0 amide bonds. The molecular formula is C21H17Cl3N6O3S. The average Bonchev–Trinajstić information content (AvgIpc) is 3.26. The number of benzene rings is 2. The molecule has 2 aromatic carbocycles. The molecule has 0 bridgehead atoms. The molecule has 5 rings (SSSR count). The average molecular weight is 540 g/mol. The van der Waals surface area contributed by atoms with E-state index >= 15 is 0 Å². The van der Waals surface area contributed by atoms with Crippen molar-refractivity contribution in [2.45, 2.75) is 4.90 Å². The van der Waals surface area contributed by atoms with Crippen molar-refractivity contribution >= 4 is 61.5 Å². The van der Waals surface area contributed by atoms with E-state index in [4.69, 9.17) is 34.8 Å². The standard InChI is InChI=1S/C21H17Cl3N6O3S/c22-13-4-3-7-17(18(13)23)34(32,33)29-10-8-28(9-11-29)16-12-25-30(20(31)19(16)24)21-26-14-5-1-2-6-15(14)27-21/h1-7,12H,8-11H2,(H,26,27). The van der Waals surface area contributed by atoms with Crippen molar-refractivity contribution in [3.8, 4) is 5.95 Å². The number of hydrogen-bond acceptors (Lipinski definition) is 6. The number of halogens is 3. The Bertz CT molecular complexity index is 1530. The van der Waals surface area contributed by atoms with Gasteiger partial charge >= 0.3 is 0 Å². The van der Waals surface area contributed by atoms with Crippen molar-refractivity contribution in [3.63, 3.8) is 0 Å². The van der Waals surface area contributed by atoms with Crippen LogP contribution in [-0.4, -0.2) is 58.7 Å². The van der Waals surface area contributed by atoms with Gasteiger partial charge in [0.1, 0.15) is 9.92 Å². The number of piperazine rings is 1. The number of para-hydroxylation sites is 2. The minimum atomic E-state index is -3.83. The van der Waals surface area contributed by atoms with E-state index in [1.807, 2.05) is 29.2 Å². The molecular weight excluding hydrogens is 523 g/mol. The van der Waals surface area contributed by atoms with Crippen LogP contribution in [0.5, 0.6) is 0 Å². The summed E-state index contributed by atoms with van der Waals surface area (Å²) in [5, 5.41) is 4.38. The van der Waals surface area contributed by atoms with Gasteiger partial charge in [-0.1, -0.05) is 53.0 Å². The Morgan fingerprint density at radius 1 is 0.912 bits per heavy atom. The van der Waals surface area contributed by atoms with Gasteiger partial charge in [0.25, 0.3) is 5.56 Å². The molecule has 1 fully saturated rings. The highest BCUT2D eigenvalue weighted by molar-refractivity contribution is 7.89. The van der Waals surface area contributed by atoms with Crippen LogP contribution in [0.25, 0.3) is 17.0 Å². The van der Waals surface area contributed by atoms with Crippen LogP contribution in [0, 0.1) is 0 Å². The van der Waals surface area contributed by atoms with Gasteiger partial charge in [-0.05, 0) is 24.3 Å². The third-order valence-corrected chi connectivity index (χ3v) is 8.82. The first kappa shape index (κ1) is 23.1. The summed E-state index contributed by atoms with van der Waals surface area (Å²) in [6.07, 6.45) is 1.48. The van der Waals surface area contributed by atoms with Crippen LogP contribution < -0.4 is 10.5 Å². The van der Waals surface area contributed by atoms with Gasteiger partial charge in [-0.15, -0.1) is 0 Å². The molecule has 34 heavy (non-hydrogen) atoms. The molecule has 1 aliphatic heterocycles. The fraction of sp³-hybridized carbons (Fsp3) is 0.190. The minimum Gasteiger partial charge on any atom is -0.366 e. The van der Waals surface area contributed by atoms with Gasteiger partial charge < -0.3 is 9.88 Å². The Balaban J connectivity index is 1.37. The number of aromatic nitrogens is 4. The highest BCUT2D eigenvalue weighted by atomic mass is 35.5. The van der Waals surface area contributed by atoms with Crippen LogP contribution in [0.1, 0.15) is 0 Å². The SMILES string of the molecule is O=c1c(Cl)c(N2CCN(S(=O)(=O)c3cccc(Cl)c3Cl)CC2)cnn1-c1nc2ccccc2[nH]1. The second kappa shape index (κ2) is 8.86. The lowest BCUT2D eigenvalue weighted by molar-refractivity contribution is 0.384. The third-order valence-electron chi connectivity index (χ3n) is 5.59. The molecule has 9 nitrogen and oxygen atoms in total. The maximum Gasteiger partial charge on any atom is 0.295 e. The first-order valence-corrected chi connectivity index (χ1v) is 12.8. The molecule has 4 aromatic rings. The van der Waals surface area contributed by atoms with E-state index < -0.39 is 15.6 Å². The normalized spacial score (nSPS) is 15.2. The van der Waals surface area contributed by atoms with Crippen molar-refractivity contribution in [2.24, 2.45) is 0 Å². The van der Waals surface area contributed by atoms with Crippen LogP contribution in [-0.2, 0) is 10.0 Å². The van der Waals surface area contributed by atoms with Crippen molar-refractivity contribution in [1.82, 2.24) is 24.1 Å². The molecule has 0 unspecified atom stereocenters. The molecule has 0 spiro atoms. The lowest BCUT2D eigenvalue weighted by Crippen LogP contribution is -2.49. The van der Waals surface area contributed by atoms with Gasteiger partial charge in [-0.2, -0.15) is 14.1 Å². The van der Waals surface area contributed by atoms with E-state index in [2.05, 4.69) is 15.1 Å². The number of H-pyrrole nitrogens is 1. The first-order valence-electron chi connectivity index (χ1n) is 10.2. The summed E-state index contributed by atoms with van der Waals surface area (Å²) >= 11 is 18.5. The van der Waals surface area contributed by atoms with Crippen molar-refractivity contribution in [1.29, 1.82) is 0 Å². The maximum atomic E-state index is 13.1. The summed E-state index contributed by atoms with van der Waals surface area (Å²) in [4.78, 5) is 22.2. The summed E-state index contributed by atoms with van der Waals surface area (Å²) < 4.78 is 28.6. The summed E-state index contributed by atoms with van der Waals surface area (Å²) in [5.74, 6) is 0.258. The van der Waals surface area contributed by atoms with E-state index in [9.17, 15) is 13.2 Å². The third kappa shape index (κ3) is 3.95. The molecule has 0 radical (unpaired) electrons. The molecule has 3 heterocycles. The van der Waals surface area contributed by atoms with Crippen LogP contribution in [0.3, 0.4) is 0 Å².